The smallest absolute Gasteiger partial charge is 0.335 e. The Morgan fingerprint density at radius 1 is 1.29 bits per heavy atom. The van der Waals surface area contributed by atoms with Gasteiger partial charge in [0.2, 0.25) is 0 Å². The molecule has 0 fully saturated rings. The molecule has 3 aromatic rings. The molecule has 0 unspecified atom stereocenters. The quantitative estimate of drug-likeness (QED) is 0.748. The van der Waals surface area contributed by atoms with Gasteiger partial charge in [-0.1, -0.05) is 12.1 Å². The number of nitrogens with one attached hydrogen (secondary N) is 1. The van der Waals surface area contributed by atoms with E-state index in [-0.39, 0.29) is 11.3 Å². The number of aryl methyl sites for hydroxylation is 1. The van der Waals surface area contributed by atoms with Crippen molar-refractivity contribution in [1.29, 1.82) is 0 Å². The number of hydrogen-bond donors (Lipinski definition) is 2. The fraction of sp³-hybridized carbons (Fsp3) is 0.0667. The summed E-state index contributed by atoms with van der Waals surface area (Å²) in [4.78, 5) is 26.1. The van der Waals surface area contributed by atoms with E-state index in [1.165, 1.54) is 16.7 Å². The van der Waals surface area contributed by atoms with Crippen LogP contribution < -0.4 is 5.69 Å². The number of hydrogen-bond acceptors (Lipinski definition) is 2. The topological polar surface area (TPSA) is 75.1 Å². The first-order valence-corrected chi connectivity index (χ1v) is 7.02. The van der Waals surface area contributed by atoms with Crippen molar-refractivity contribution >= 4 is 32.9 Å². The van der Waals surface area contributed by atoms with E-state index in [4.69, 9.17) is 5.11 Å². The number of carbonyl (C=O) groups is 1. The maximum absolute atomic E-state index is 12.2. The van der Waals surface area contributed by atoms with Gasteiger partial charge < -0.3 is 10.1 Å². The third-order valence-electron chi connectivity index (χ3n) is 3.34. The normalized spacial score (nSPS) is 11.0. The highest BCUT2D eigenvalue weighted by molar-refractivity contribution is 9.10. The largest absolute Gasteiger partial charge is 0.478 e. The molecule has 2 aromatic carbocycles. The van der Waals surface area contributed by atoms with Crippen LogP contribution in [0.4, 0.5) is 0 Å². The number of carboxylic acids is 1. The van der Waals surface area contributed by atoms with Crippen molar-refractivity contribution in [3.63, 3.8) is 0 Å². The lowest BCUT2D eigenvalue weighted by Crippen LogP contribution is -2.15. The van der Waals surface area contributed by atoms with Crippen molar-refractivity contribution in [3.8, 4) is 5.69 Å². The van der Waals surface area contributed by atoms with Gasteiger partial charge in [0.15, 0.2) is 0 Å². The number of rotatable bonds is 2. The first kappa shape index (κ1) is 13.6. The summed E-state index contributed by atoms with van der Waals surface area (Å²) >= 11 is 3.48. The molecule has 106 valence electrons. The van der Waals surface area contributed by atoms with E-state index in [0.717, 1.165) is 10.0 Å². The van der Waals surface area contributed by atoms with E-state index >= 15 is 0 Å². The van der Waals surface area contributed by atoms with Crippen LogP contribution in [0.15, 0.2) is 45.7 Å². The fourth-order valence-electron chi connectivity index (χ4n) is 2.28. The van der Waals surface area contributed by atoms with E-state index in [1.54, 1.807) is 12.1 Å². The molecular weight excluding hydrogens is 336 g/mol. The van der Waals surface area contributed by atoms with Crippen molar-refractivity contribution in [2.45, 2.75) is 6.92 Å². The molecule has 0 aliphatic rings. The van der Waals surface area contributed by atoms with Crippen LogP contribution in [-0.2, 0) is 0 Å². The van der Waals surface area contributed by atoms with Gasteiger partial charge in [-0.2, -0.15) is 0 Å². The Bertz CT molecular complexity index is 924. The zero-order valence-electron chi connectivity index (χ0n) is 11.1. The minimum Gasteiger partial charge on any atom is -0.478 e. The van der Waals surface area contributed by atoms with Gasteiger partial charge in [0.25, 0.3) is 0 Å². The summed E-state index contributed by atoms with van der Waals surface area (Å²) in [6.07, 6.45) is 0. The second-order valence-corrected chi connectivity index (χ2v) is 5.50. The van der Waals surface area contributed by atoms with Crippen LogP contribution in [0, 0.1) is 6.92 Å². The van der Waals surface area contributed by atoms with E-state index in [0.29, 0.717) is 16.7 Å². The third kappa shape index (κ3) is 2.17. The highest BCUT2D eigenvalue weighted by Crippen LogP contribution is 2.26. The minimum atomic E-state index is -1.03. The summed E-state index contributed by atoms with van der Waals surface area (Å²) in [6.45, 7) is 1.93. The van der Waals surface area contributed by atoms with Crippen molar-refractivity contribution in [3.05, 3.63) is 62.5 Å². The molecule has 0 atom stereocenters. The number of nitrogens with zero attached hydrogens (tertiary/aromatic N) is 1. The molecule has 21 heavy (non-hydrogen) atoms. The maximum Gasteiger partial charge on any atom is 0.335 e. The van der Waals surface area contributed by atoms with Crippen molar-refractivity contribution in [1.82, 2.24) is 9.55 Å². The number of H-pyrrole nitrogens is 1. The van der Waals surface area contributed by atoms with Gasteiger partial charge in [-0.3, -0.25) is 4.57 Å². The summed E-state index contributed by atoms with van der Waals surface area (Å²) in [6, 6.07) is 10.1. The van der Waals surface area contributed by atoms with Crippen LogP contribution in [0.5, 0.6) is 0 Å². The van der Waals surface area contributed by atoms with Crippen LogP contribution in [0.1, 0.15) is 15.9 Å². The first-order chi connectivity index (χ1) is 9.99. The Morgan fingerprint density at radius 3 is 2.76 bits per heavy atom. The number of carboxylic acid groups (broad SMARTS) is 1. The minimum absolute atomic E-state index is 0.138. The third-order valence-corrected chi connectivity index (χ3v) is 4.37. The number of aromatic amines is 1. The van der Waals surface area contributed by atoms with Crippen LogP contribution in [0.2, 0.25) is 0 Å². The molecule has 5 nitrogen and oxygen atoms in total. The number of aromatic nitrogens is 2. The molecule has 0 radical (unpaired) electrons. The number of fused-ring (bicyclic) bond motifs is 1. The Hall–Kier alpha value is -2.34. The Balaban J connectivity index is 2.39. The van der Waals surface area contributed by atoms with E-state index in [9.17, 15) is 9.59 Å². The zero-order chi connectivity index (χ0) is 15.1. The van der Waals surface area contributed by atoms with Crippen LogP contribution in [0.25, 0.3) is 16.7 Å². The van der Waals surface area contributed by atoms with Crippen LogP contribution in [0.3, 0.4) is 0 Å². The fourth-order valence-corrected chi connectivity index (χ4v) is 2.72. The molecule has 0 saturated carbocycles. The van der Waals surface area contributed by atoms with Crippen LogP contribution >= 0.6 is 15.9 Å². The van der Waals surface area contributed by atoms with Gasteiger partial charge in [-0.15, -0.1) is 0 Å². The lowest BCUT2D eigenvalue weighted by atomic mass is 10.2. The Morgan fingerprint density at radius 2 is 2.05 bits per heavy atom. The summed E-state index contributed by atoms with van der Waals surface area (Å²) in [5.74, 6) is -1.03. The van der Waals surface area contributed by atoms with E-state index < -0.39 is 5.97 Å². The molecule has 0 aliphatic heterocycles. The molecule has 1 heterocycles. The molecule has 0 saturated heterocycles. The number of imidazole rings is 1. The summed E-state index contributed by atoms with van der Waals surface area (Å²) in [5, 5.41) is 9.10. The maximum atomic E-state index is 12.2. The number of aromatic carboxylic acids is 1. The predicted molar refractivity (Wildman–Crippen MR) is 83.3 cm³/mol. The molecule has 0 spiro atoms. The van der Waals surface area contributed by atoms with Crippen molar-refractivity contribution in [2.24, 2.45) is 0 Å². The molecule has 0 bridgehead atoms. The Kier molecular flexibility index (Phi) is 3.17. The molecule has 1 aromatic heterocycles. The van der Waals surface area contributed by atoms with E-state index in [2.05, 4.69) is 20.9 Å². The highest BCUT2D eigenvalue weighted by Gasteiger charge is 2.14. The predicted octanol–water partition coefficient (Wildman–Crippen LogP) is 3.09. The molecular formula is C15H11BrN2O3. The summed E-state index contributed by atoms with van der Waals surface area (Å²) in [5.41, 5.74) is 2.62. The highest BCUT2D eigenvalue weighted by atomic mass is 79.9. The van der Waals surface area contributed by atoms with E-state index in [1.807, 2.05) is 19.1 Å². The van der Waals surface area contributed by atoms with Gasteiger partial charge in [0, 0.05) is 4.47 Å². The summed E-state index contributed by atoms with van der Waals surface area (Å²) < 4.78 is 2.27. The van der Waals surface area contributed by atoms with Gasteiger partial charge in [-0.05, 0) is 52.7 Å². The van der Waals surface area contributed by atoms with Gasteiger partial charge in [-0.25, -0.2) is 9.59 Å². The molecule has 0 aliphatic carbocycles. The van der Waals surface area contributed by atoms with Crippen molar-refractivity contribution in [2.75, 3.05) is 0 Å². The van der Waals surface area contributed by atoms with Gasteiger partial charge in [0.1, 0.15) is 0 Å². The lowest BCUT2D eigenvalue weighted by Gasteiger charge is -2.08. The monoisotopic (exact) mass is 346 g/mol. The average Bonchev–Trinajstić information content (AvgIpc) is 2.77. The van der Waals surface area contributed by atoms with Gasteiger partial charge >= 0.3 is 11.7 Å². The summed E-state index contributed by atoms with van der Waals surface area (Å²) in [7, 11) is 0. The lowest BCUT2D eigenvalue weighted by molar-refractivity contribution is 0.0697. The second-order valence-electron chi connectivity index (χ2n) is 4.71. The molecule has 2 N–H and O–H groups in total. The Labute approximate surface area is 128 Å². The molecule has 6 heteroatoms. The second kappa shape index (κ2) is 4.89. The molecule has 0 amide bonds. The van der Waals surface area contributed by atoms with Gasteiger partial charge in [0.05, 0.1) is 22.3 Å². The molecule has 3 rings (SSSR count). The first-order valence-electron chi connectivity index (χ1n) is 6.22. The SMILES string of the molecule is Cc1cccc(-n2c(=O)[nH]c3ccc(C(=O)O)cc32)c1Br. The average molecular weight is 347 g/mol. The van der Waals surface area contributed by atoms with Crippen molar-refractivity contribution < 1.29 is 9.90 Å². The number of halogens is 1. The zero-order valence-corrected chi connectivity index (χ0v) is 12.6. The van der Waals surface area contributed by atoms with Crippen LogP contribution in [-0.4, -0.2) is 20.6 Å². The number of benzene rings is 2. The standard InChI is InChI=1S/C15H11BrN2O3/c1-8-3-2-4-11(13(8)16)18-12-7-9(14(19)20)5-6-10(12)17-15(18)21/h2-7H,1H3,(H,17,21)(H,19,20).